The summed E-state index contributed by atoms with van der Waals surface area (Å²) in [7, 11) is 2.45. The zero-order valence-corrected chi connectivity index (χ0v) is 9.14. The van der Waals surface area contributed by atoms with E-state index in [4.69, 9.17) is 0 Å². The second-order valence-electron chi connectivity index (χ2n) is 6.86. The summed E-state index contributed by atoms with van der Waals surface area (Å²) in [5.41, 5.74) is 1.25. The third-order valence-corrected chi connectivity index (χ3v) is 4.13. The number of hydrogen-bond acceptors (Lipinski definition) is 1. The van der Waals surface area contributed by atoms with E-state index in [1.54, 1.807) is 0 Å². The van der Waals surface area contributed by atoms with Gasteiger partial charge in [0.1, 0.15) is 6.67 Å². The minimum Gasteiger partial charge on any atom is -0.313 e. The Morgan fingerprint density at radius 1 is 1.08 bits per heavy atom. The Kier molecular flexibility index (Phi) is 1.24. The van der Waals surface area contributed by atoms with E-state index in [0.29, 0.717) is 10.8 Å². The normalized spacial score (nSPS) is 64.4. The van der Waals surface area contributed by atoms with Crippen LogP contribution in [0.15, 0.2) is 0 Å². The molecule has 4 rings (SSSR count). The monoisotopic (exact) mass is 181 g/mol. The van der Waals surface area contributed by atoms with Gasteiger partial charge in [-0.05, 0) is 6.42 Å². The van der Waals surface area contributed by atoms with Gasteiger partial charge in [-0.3, -0.25) is 4.90 Å². The van der Waals surface area contributed by atoms with Gasteiger partial charge in [0.2, 0.25) is 0 Å². The molecule has 4 heterocycles. The summed E-state index contributed by atoms with van der Waals surface area (Å²) in [4.78, 5) is 2.69. The Hall–Kier alpha value is -0.0800. The Balaban J connectivity index is 2.03. The lowest BCUT2D eigenvalue weighted by molar-refractivity contribution is -0.953. The Labute approximate surface area is 81.1 Å². The molecule has 0 N–H and O–H groups in total. The molecule has 4 bridgehead atoms. The van der Waals surface area contributed by atoms with Crippen LogP contribution < -0.4 is 0 Å². The van der Waals surface area contributed by atoms with Crippen molar-refractivity contribution in [2.45, 2.75) is 20.3 Å². The highest BCUT2D eigenvalue weighted by atomic mass is 15.5. The fourth-order valence-corrected chi connectivity index (χ4v) is 5.07. The maximum atomic E-state index is 2.69. The van der Waals surface area contributed by atoms with Gasteiger partial charge in [0, 0.05) is 23.9 Å². The second-order valence-corrected chi connectivity index (χ2v) is 6.86. The van der Waals surface area contributed by atoms with Crippen molar-refractivity contribution in [3.63, 3.8) is 0 Å². The number of rotatable bonds is 0. The average molecular weight is 181 g/mol. The molecule has 0 saturated carbocycles. The van der Waals surface area contributed by atoms with Gasteiger partial charge in [0.15, 0.2) is 0 Å². The van der Waals surface area contributed by atoms with Gasteiger partial charge in [0.25, 0.3) is 0 Å². The van der Waals surface area contributed by atoms with E-state index in [1.165, 1.54) is 43.8 Å². The predicted molar refractivity (Wildman–Crippen MR) is 53.2 cm³/mol. The highest BCUT2D eigenvalue weighted by Crippen LogP contribution is 2.50. The molecular formula is C11H21N2+. The van der Waals surface area contributed by atoms with Crippen LogP contribution in [0, 0.1) is 10.8 Å². The quantitative estimate of drug-likeness (QED) is 0.507. The molecule has 4 aliphatic heterocycles. The van der Waals surface area contributed by atoms with Crippen LogP contribution in [0.5, 0.6) is 0 Å². The molecule has 2 heteroatoms. The van der Waals surface area contributed by atoms with E-state index in [-0.39, 0.29) is 0 Å². The summed E-state index contributed by atoms with van der Waals surface area (Å²) in [5.74, 6) is 0. The van der Waals surface area contributed by atoms with Crippen LogP contribution >= 0.6 is 0 Å². The van der Waals surface area contributed by atoms with E-state index < -0.39 is 0 Å². The molecule has 13 heavy (non-hydrogen) atoms. The molecule has 2 nitrogen and oxygen atoms in total. The van der Waals surface area contributed by atoms with Gasteiger partial charge in [-0.15, -0.1) is 0 Å². The van der Waals surface area contributed by atoms with Gasteiger partial charge in [-0.2, -0.15) is 0 Å². The minimum atomic E-state index is 0.623. The number of hydrogen-bond donors (Lipinski definition) is 0. The highest BCUT2D eigenvalue weighted by Gasteiger charge is 2.59. The van der Waals surface area contributed by atoms with Gasteiger partial charge < -0.3 is 4.48 Å². The molecule has 0 aromatic heterocycles. The van der Waals surface area contributed by atoms with Crippen LogP contribution in [0.4, 0.5) is 0 Å². The molecule has 0 amide bonds. The van der Waals surface area contributed by atoms with Crippen molar-refractivity contribution in [2.24, 2.45) is 10.8 Å². The van der Waals surface area contributed by atoms with Gasteiger partial charge in [-0.25, -0.2) is 0 Å². The summed E-state index contributed by atoms with van der Waals surface area (Å²) in [6, 6.07) is 0. The molecule has 0 radical (unpaired) electrons. The van der Waals surface area contributed by atoms with Crippen LogP contribution in [-0.2, 0) is 0 Å². The number of quaternary nitrogens is 1. The van der Waals surface area contributed by atoms with Crippen molar-refractivity contribution in [3.8, 4) is 0 Å². The van der Waals surface area contributed by atoms with Crippen molar-refractivity contribution in [3.05, 3.63) is 0 Å². The lowest BCUT2D eigenvalue weighted by Gasteiger charge is -2.65. The Morgan fingerprint density at radius 2 is 1.62 bits per heavy atom. The average Bonchev–Trinajstić information content (AvgIpc) is 1.71. The van der Waals surface area contributed by atoms with Crippen molar-refractivity contribution < 1.29 is 4.48 Å². The zero-order valence-electron chi connectivity index (χ0n) is 9.14. The fourth-order valence-electron chi connectivity index (χ4n) is 5.07. The van der Waals surface area contributed by atoms with E-state index in [1.807, 2.05) is 0 Å². The molecule has 4 aliphatic rings. The topological polar surface area (TPSA) is 3.24 Å². The maximum Gasteiger partial charge on any atom is 0.134 e. The SMILES string of the molecule is C[C@]12CN3C[C@](C)(C1)C[N+](C)(C3)C2. The number of nitrogens with zero attached hydrogens (tertiary/aromatic N) is 2. The summed E-state index contributed by atoms with van der Waals surface area (Å²) >= 11 is 0. The molecule has 74 valence electrons. The third kappa shape index (κ3) is 1.08. The molecular weight excluding hydrogens is 160 g/mol. The zero-order chi connectivity index (χ0) is 9.32. The van der Waals surface area contributed by atoms with E-state index >= 15 is 0 Å². The van der Waals surface area contributed by atoms with Crippen LogP contribution in [0.25, 0.3) is 0 Å². The van der Waals surface area contributed by atoms with E-state index in [9.17, 15) is 0 Å². The molecule has 0 spiro atoms. The summed E-state index contributed by atoms with van der Waals surface area (Å²) in [5, 5.41) is 0. The Bertz CT molecular complexity index is 210. The van der Waals surface area contributed by atoms with E-state index in [0.717, 1.165) is 0 Å². The first-order valence-corrected chi connectivity index (χ1v) is 5.47. The van der Waals surface area contributed by atoms with Crippen molar-refractivity contribution >= 4 is 0 Å². The minimum absolute atomic E-state index is 0.623. The smallest absolute Gasteiger partial charge is 0.134 e. The third-order valence-electron chi connectivity index (χ3n) is 4.13. The first-order chi connectivity index (χ1) is 5.91. The lowest BCUT2D eigenvalue weighted by Crippen LogP contribution is -2.76. The summed E-state index contributed by atoms with van der Waals surface area (Å²) in [6.45, 7) is 11.8. The van der Waals surface area contributed by atoms with Crippen LogP contribution in [0.3, 0.4) is 0 Å². The number of piperidine rings is 2. The fraction of sp³-hybridized carbons (Fsp3) is 1.00. The molecule has 2 unspecified atom stereocenters. The van der Waals surface area contributed by atoms with Crippen molar-refractivity contribution in [1.29, 1.82) is 0 Å². The molecule has 4 atom stereocenters. The van der Waals surface area contributed by atoms with Gasteiger partial charge in [0.05, 0.1) is 20.1 Å². The standard InChI is InChI=1S/C11H21N2/c1-10-4-11(2)6-12(5-10)9-13(3,7-10)8-11/h4-9H2,1-3H3/q+1/t10-,11+,13?. The van der Waals surface area contributed by atoms with Gasteiger partial charge >= 0.3 is 0 Å². The lowest BCUT2D eigenvalue weighted by atomic mass is 9.63. The van der Waals surface area contributed by atoms with Crippen molar-refractivity contribution in [1.82, 2.24) is 4.90 Å². The Morgan fingerprint density at radius 3 is 2.00 bits per heavy atom. The largest absolute Gasteiger partial charge is 0.313 e. The summed E-state index contributed by atoms with van der Waals surface area (Å²) < 4.78 is 1.31. The predicted octanol–water partition coefficient (Wildman–Crippen LogP) is 1.14. The van der Waals surface area contributed by atoms with Crippen LogP contribution in [0.2, 0.25) is 0 Å². The summed E-state index contributed by atoms with van der Waals surface area (Å²) in [6.07, 6.45) is 1.46. The van der Waals surface area contributed by atoms with Gasteiger partial charge in [-0.1, -0.05) is 13.8 Å². The molecule has 0 aromatic carbocycles. The highest BCUT2D eigenvalue weighted by molar-refractivity contribution is 4.99. The van der Waals surface area contributed by atoms with Crippen LogP contribution in [-0.4, -0.2) is 49.3 Å². The van der Waals surface area contributed by atoms with Crippen molar-refractivity contribution in [2.75, 3.05) is 39.9 Å². The second kappa shape index (κ2) is 1.96. The molecule has 4 fully saturated rings. The first kappa shape index (κ1) is 8.25. The first-order valence-electron chi connectivity index (χ1n) is 5.47. The molecule has 0 aromatic rings. The maximum absolute atomic E-state index is 2.69. The van der Waals surface area contributed by atoms with Crippen LogP contribution in [0.1, 0.15) is 20.3 Å². The van der Waals surface area contributed by atoms with E-state index in [2.05, 4.69) is 25.8 Å². The molecule has 4 saturated heterocycles. The molecule has 0 aliphatic carbocycles.